The summed E-state index contributed by atoms with van der Waals surface area (Å²) in [6.45, 7) is 7.80. The number of hydrogen-bond acceptors (Lipinski definition) is 5. The van der Waals surface area contributed by atoms with Gasteiger partial charge in [-0.3, -0.25) is 9.88 Å². The van der Waals surface area contributed by atoms with E-state index in [2.05, 4.69) is 74.3 Å². The Balaban J connectivity index is 1.09. The van der Waals surface area contributed by atoms with Crippen LogP contribution >= 0.6 is 11.3 Å². The summed E-state index contributed by atoms with van der Waals surface area (Å²) in [5, 5.41) is 9.21. The van der Waals surface area contributed by atoms with E-state index in [1.165, 1.54) is 21.5 Å². The van der Waals surface area contributed by atoms with E-state index in [0.717, 1.165) is 62.5 Å². The standard InChI is InChI=1S/C29H33N5OS/c1-22-10-11-26-27(31-22)8-3-9-28(26)34-18-16-33(17-19-34)15-13-23-5-2-6-24(21-23)32-29(35)30-14-12-25-7-4-20-36-25/h2-11,20-21H,12-19H2,1H3,(H2,30,32,35). The fraction of sp³-hybridized carbons (Fsp3) is 0.310. The van der Waals surface area contributed by atoms with Crippen LogP contribution in [0, 0.1) is 6.92 Å². The molecule has 0 atom stereocenters. The van der Waals surface area contributed by atoms with Crippen molar-refractivity contribution in [2.24, 2.45) is 0 Å². The monoisotopic (exact) mass is 499 g/mol. The van der Waals surface area contributed by atoms with Gasteiger partial charge in [0, 0.05) is 66.6 Å². The molecule has 0 unspecified atom stereocenters. The number of urea groups is 1. The minimum atomic E-state index is -0.154. The normalized spacial score (nSPS) is 14.2. The maximum absolute atomic E-state index is 12.3. The van der Waals surface area contributed by atoms with Gasteiger partial charge < -0.3 is 15.5 Å². The van der Waals surface area contributed by atoms with E-state index in [1.54, 1.807) is 11.3 Å². The van der Waals surface area contributed by atoms with E-state index in [1.807, 2.05) is 25.1 Å². The zero-order chi connectivity index (χ0) is 24.7. The Morgan fingerprint density at radius 1 is 0.972 bits per heavy atom. The number of nitrogens with zero attached hydrogens (tertiary/aromatic N) is 3. The average Bonchev–Trinajstić information content (AvgIpc) is 3.41. The second-order valence-corrected chi connectivity index (χ2v) is 10.3. The van der Waals surface area contributed by atoms with Crippen LogP contribution in [0.25, 0.3) is 10.9 Å². The van der Waals surface area contributed by atoms with Gasteiger partial charge in [0.2, 0.25) is 0 Å². The van der Waals surface area contributed by atoms with E-state index in [-0.39, 0.29) is 6.03 Å². The van der Waals surface area contributed by atoms with Crippen LogP contribution < -0.4 is 15.5 Å². The van der Waals surface area contributed by atoms with Crippen LogP contribution in [-0.2, 0) is 12.8 Å². The second-order valence-electron chi connectivity index (χ2n) is 9.29. The fourth-order valence-electron chi connectivity index (χ4n) is 4.75. The van der Waals surface area contributed by atoms with Crippen LogP contribution in [-0.4, -0.2) is 55.2 Å². The fourth-order valence-corrected chi connectivity index (χ4v) is 5.46. The summed E-state index contributed by atoms with van der Waals surface area (Å²) < 4.78 is 0. The number of anilines is 2. The molecular formula is C29H33N5OS. The van der Waals surface area contributed by atoms with Crippen LogP contribution in [0.2, 0.25) is 0 Å². The molecule has 2 amide bonds. The third-order valence-electron chi connectivity index (χ3n) is 6.70. The molecule has 4 aromatic rings. The Bertz CT molecular complexity index is 1300. The van der Waals surface area contributed by atoms with Gasteiger partial charge in [-0.25, -0.2) is 4.79 Å². The predicted molar refractivity (Wildman–Crippen MR) is 150 cm³/mol. The van der Waals surface area contributed by atoms with E-state index < -0.39 is 0 Å². The SMILES string of the molecule is Cc1ccc2c(N3CCN(CCc4cccc(NC(=O)NCCc5cccs5)c4)CC3)cccc2n1. The van der Waals surface area contributed by atoms with E-state index in [0.29, 0.717) is 6.54 Å². The zero-order valence-electron chi connectivity index (χ0n) is 20.7. The first-order valence-corrected chi connectivity index (χ1v) is 13.5. The van der Waals surface area contributed by atoms with Gasteiger partial charge in [0.1, 0.15) is 0 Å². The lowest BCUT2D eigenvalue weighted by atomic mass is 10.1. The number of carbonyl (C=O) groups is 1. The molecule has 1 saturated heterocycles. The Morgan fingerprint density at radius 3 is 2.67 bits per heavy atom. The number of nitrogens with one attached hydrogen (secondary N) is 2. The van der Waals surface area contributed by atoms with Gasteiger partial charge in [-0.1, -0.05) is 24.3 Å². The molecule has 2 aromatic heterocycles. The van der Waals surface area contributed by atoms with Gasteiger partial charge in [-0.15, -0.1) is 11.3 Å². The number of fused-ring (bicyclic) bond motifs is 1. The zero-order valence-corrected chi connectivity index (χ0v) is 21.6. The summed E-state index contributed by atoms with van der Waals surface area (Å²) in [4.78, 5) is 23.3. The van der Waals surface area contributed by atoms with Crippen LogP contribution in [0.15, 0.2) is 72.1 Å². The number of amides is 2. The van der Waals surface area contributed by atoms with Gasteiger partial charge in [0.05, 0.1) is 5.52 Å². The first-order valence-electron chi connectivity index (χ1n) is 12.6. The minimum Gasteiger partial charge on any atom is -0.368 e. The average molecular weight is 500 g/mol. The van der Waals surface area contributed by atoms with Crippen LogP contribution in [0.3, 0.4) is 0 Å². The molecule has 7 heteroatoms. The van der Waals surface area contributed by atoms with Crippen molar-refractivity contribution in [2.75, 3.05) is 49.5 Å². The molecule has 3 heterocycles. The molecule has 0 spiro atoms. The quantitative estimate of drug-likeness (QED) is 0.344. The van der Waals surface area contributed by atoms with Crippen LogP contribution in [0.5, 0.6) is 0 Å². The van der Waals surface area contributed by atoms with Crippen molar-refractivity contribution in [1.29, 1.82) is 0 Å². The van der Waals surface area contributed by atoms with Gasteiger partial charge >= 0.3 is 6.03 Å². The van der Waals surface area contributed by atoms with Gasteiger partial charge in [0.25, 0.3) is 0 Å². The van der Waals surface area contributed by atoms with E-state index >= 15 is 0 Å². The number of aryl methyl sites for hydroxylation is 1. The highest BCUT2D eigenvalue weighted by atomic mass is 32.1. The maximum atomic E-state index is 12.3. The predicted octanol–water partition coefficient (Wildman–Crippen LogP) is 5.33. The van der Waals surface area contributed by atoms with Crippen molar-refractivity contribution in [3.05, 3.63) is 88.2 Å². The number of carbonyl (C=O) groups excluding carboxylic acids is 1. The summed E-state index contributed by atoms with van der Waals surface area (Å²) in [5.41, 5.74) is 5.49. The molecule has 186 valence electrons. The number of hydrogen-bond donors (Lipinski definition) is 2. The van der Waals surface area contributed by atoms with Crippen molar-refractivity contribution in [3.8, 4) is 0 Å². The van der Waals surface area contributed by atoms with E-state index in [4.69, 9.17) is 4.98 Å². The number of piperazine rings is 1. The minimum absolute atomic E-state index is 0.154. The van der Waals surface area contributed by atoms with Gasteiger partial charge in [-0.05, 0) is 73.2 Å². The van der Waals surface area contributed by atoms with Crippen molar-refractivity contribution in [2.45, 2.75) is 19.8 Å². The highest BCUT2D eigenvalue weighted by molar-refractivity contribution is 7.09. The van der Waals surface area contributed by atoms with Crippen molar-refractivity contribution in [1.82, 2.24) is 15.2 Å². The van der Waals surface area contributed by atoms with Crippen molar-refractivity contribution >= 4 is 39.6 Å². The Morgan fingerprint density at radius 2 is 1.83 bits per heavy atom. The Labute approximate surface area is 217 Å². The molecule has 2 N–H and O–H groups in total. The van der Waals surface area contributed by atoms with Crippen LogP contribution in [0.4, 0.5) is 16.2 Å². The molecule has 36 heavy (non-hydrogen) atoms. The lowest BCUT2D eigenvalue weighted by Gasteiger charge is -2.36. The smallest absolute Gasteiger partial charge is 0.319 e. The largest absolute Gasteiger partial charge is 0.368 e. The second kappa shape index (κ2) is 11.5. The summed E-state index contributed by atoms with van der Waals surface area (Å²) in [6, 6.07) is 22.9. The molecule has 0 saturated carbocycles. The molecule has 1 aliphatic heterocycles. The molecule has 1 fully saturated rings. The lowest BCUT2D eigenvalue weighted by molar-refractivity contribution is 0.252. The highest BCUT2D eigenvalue weighted by Crippen LogP contribution is 2.27. The van der Waals surface area contributed by atoms with Crippen molar-refractivity contribution < 1.29 is 4.79 Å². The number of rotatable bonds is 8. The molecule has 0 aliphatic carbocycles. The topological polar surface area (TPSA) is 60.5 Å². The third kappa shape index (κ3) is 6.22. The lowest BCUT2D eigenvalue weighted by Crippen LogP contribution is -2.47. The molecule has 1 aliphatic rings. The van der Waals surface area contributed by atoms with Gasteiger partial charge in [-0.2, -0.15) is 0 Å². The first-order chi connectivity index (χ1) is 17.6. The number of pyridine rings is 1. The molecular weight excluding hydrogens is 466 g/mol. The number of benzene rings is 2. The molecule has 0 radical (unpaired) electrons. The number of aromatic nitrogens is 1. The Kier molecular flexibility index (Phi) is 7.79. The summed E-state index contributed by atoms with van der Waals surface area (Å²) in [5.74, 6) is 0. The van der Waals surface area contributed by atoms with Gasteiger partial charge in [0.15, 0.2) is 0 Å². The highest BCUT2D eigenvalue weighted by Gasteiger charge is 2.18. The van der Waals surface area contributed by atoms with Crippen molar-refractivity contribution in [3.63, 3.8) is 0 Å². The first kappa shape index (κ1) is 24.3. The number of thiophene rings is 1. The Hall–Kier alpha value is -3.42. The molecule has 6 nitrogen and oxygen atoms in total. The molecule has 0 bridgehead atoms. The van der Waals surface area contributed by atoms with E-state index in [9.17, 15) is 4.79 Å². The van der Waals surface area contributed by atoms with Crippen LogP contribution in [0.1, 0.15) is 16.1 Å². The summed E-state index contributed by atoms with van der Waals surface area (Å²) in [7, 11) is 0. The molecule has 2 aromatic carbocycles. The summed E-state index contributed by atoms with van der Waals surface area (Å²) in [6.07, 6.45) is 1.82. The summed E-state index contributed by atoms with van der Waals surface area (Å²) >= 11 is 1.72. The molecule has 5 rings (SSSR count). The maximum Gasteiger partial charge on any atom is 0.319 e. The third-order valence-corrected chi connectivity index (χ3v) is 7.64.